The van der Waals surface area contributed by atoms with Gasteiger partial charge in [0.1, 0.15) is 0 Å². The Bertz CT molecular complexity index is 486. The number of hydrogen-bond acceptors (Lipinski definition) is 3. The topological polar surface area (TPSA) is 16.1 Å². The van der Waals surface area contributed by atoms with E-state index in [9.17, 15) is 0 Å². The molecule has 0 aliphatic carbocycles. The molecule has 0 unspecified atom stereocenters. The van der Waals surface area contributed by atoms with Crippen LogP contribution in [0.2, 0.25) is 0 Å². The second-order valence-corrected chi connectivity index (χ2v) is 5.67. The first-order valence-corrected chi connectivity index (χ1v) is 7.53. The maximum absolute atomic E-state index is 4.77. The van der Waals surface area contributed by atoms with E-state index in [1.54, 1.807) is 11.3 Å². The third kappa shape index (κ3) is 2.72. The molecule has 1 saturated heterocycles. The van der Waals surface area contributed by atoms with Crippen molar-refractivity contribution in [1.29, 1.82) is 0 Å². The first kappa shape index (κ1) is 11.7. The highest BCUT2D eigenvalue weighted by Gasteiger charge is 2.14. The van der Waals surface area contributed by atoms with Crippen molar-refractivity contribution in [2.24, 2.45) is 0 Å². The van der Waals surface area contributed by atoms with Crippen molar-refractivity contribution in [3.8, 4) is 0 Å². The lowest BCUT2D eigenvalue weighted by molar-refractivity contribution is 0.576. The molecule has 0 radical (unpaired) electrons. The molecule has 1 aliphatic heterocycles. The average Bonchev–Trinajstić information content (AvgIpc) is 2.89. The molecule has 3 rings (SSSR count). The minimum atomic E-state index is 0.950. The lowest BCUT2D eigenvalue weighted by Gasteiger charge is -2.25. The van der Waals surface area contributed by atoms with Crippen molar-refractivity contribution in [3.63, 3.8) is 0 Å². The van der Waals surface area contributed by atoms with Gasteiger partial charge >= 0.3 is 0 Å². The zero-order chi connectivity index (χ0) is 12.2. The second kappa shape index (κ2) is 5.53. The normalized spacial score (nSPS) is 15.9. The van der Waals surface area contributed by atoms with Gasteiger partial charge < -0.3 is 4.90 Å². The first-order valence-electron chi connectivity index (χ1n) is 6.65. The zero-order valence-corrected chi connectivity index (χ0v) is 11.3. The van der Waals surface area contributed by atoms with E-state index in [0.29, 0.717) is 0 Å². The van der Waals surface area contributed by atoms with Crippen LogP contribution in [0.15, 0.2) is 35.7 Å². The molecule has 18 heavy (non-hydrogen) atoms. The molecule has 0 bridgehead atoms. The summed E-state index contributed by atoms with van der Waals surface area (Å²) in [6, 6.07) is 10.6. The number of rotatable bonds is 3. The predicted octanol–water partition coefficient (Wildman–Crippen LogP) is 3.72. The van der Waals surface area contributed by atoms with E-state index >= 15 is 0 Å². The smallest absolute Gasteiger partial charge is 0.185 e. The number of nitrogens with zero attached hydrogens (tertiary/aromatic N) is 2. The number of thiazole rings is 1. The summed E-state index contributed by atoms with van der Waals surface area (Å²) in [6.07, 6.45) is 4.95. The van der Waals surface area contributed by atoms with E-state index in [1.807, 2.05) is 0 Å². The molecule has 2 aromatic rings. The van der Waals surface area contributed by atoms with Gasteiger partial charge in [-0.2, -0.15) is 0 Å². The number of anilines is 1. The third-order valence-electron chi connectivity index (χ3n) is 3.39. The van der Waals surface area contributed by atoms with E-state index in [0.717, 1.165) is 6.42 Å². The van der Waals surface area contributed by atoms with Crippen molar-refractivity contribution in [1.82, 2.24) is 4.98 Å². The molecule has 1 aromatic heterocycles. The Balaban J connectivity index is 1.69. The fraction of sp³-hybridized carbons (Fsp3) is 0.400. The van der Waals surface area contributed by atoms with Crippen LogP contribution in [0.1, 0.15) is 30.5 Å². The molecule has 0 atom stereocenters. The van der Waals surface area contributed by atoms with Crippen molar-refractivity contribution in [2.75, 3.05) is 18.0 Å². The van der Waals surface area contributed by atoms with Crippen LogP contribution >= 0.6 is 11.3 Å². The third-order valence-corrected chi connectivity index (χ3v) is 4.34. The Hall–Kier alpha value is -1.35. The quantitative estimate of drug-likeness (QED) is 0.834. The van der Waals surface area contributed by atoms with Gasteiger partial charge in [-0.3, -0.25) is 0 Å². The van der Waals surface area contributed by atoms with Gasteiger partial charge in [-0.15, -0.1) is 11.3 Å². The van der Waals surface area contributed by atoms with Crippen LogP contribution in [0.5, 0.6) is 0 Å². The fourth-order valence-electron chi connectivity index (χ4n) is 2.41. The highest BCUT2D eigenvalue weighted by Crippen LogP contribution is 2.25. The van der Waals surface area contributed by atoms with E-state index in [4.69, 9.17) is 4.98 Å². The maximum atomic E-state index is 4.77. The van der Waals surface area contributed by atoms with Crippen molar-refractivity contribution < 1.29 is 0 Å². The van der Waals surface area contributed by atoms with E-state index in [2.05, 4.69) is 40.6 Å². The molecule has 0 saturated carbocycles. The highest BCUT2D eigenvalue weighted by atomic mass is 32.1. The molecular formula is C15H18N2S. The van der Waals surface area contributed by atoms with Gasteiger partial charge in [0.05, 0.1) is 5.69 Å². The van der Waals surface area contributed by atoms with Crippen LogP contribution in [0.4, 0.5) is 5.13 Å². The van der Waals surface area contributed by atoms with Gasteiger partial charge in [-0.1, -0.05) is 30.3 Å². The molecular weight excluding hydrogens is 240 g/mol. The lowest BCUT2D eigenvalue weighted by atomic mass is 10.1. The number of aromatic nitrogens is 1. The molecule has 1 aliphatic rings. The van der Waals surface area contributed by atoms with Crippen molar-refractivity contribution in [2.45, 2.75) is 25.7 Å². The fourth-order valence-corrected chi connectivity index (χ4v) is 3.29. The summed E-state index contributed by atoms with van der Waals surface area (Å²) >= 11 is 1.79. The lowest BCUT2D eigenvalue weighted by Crippen LogP contribution is -2.29. The summed E-state index contributed by atoms with van der Waals surface area (Å²) in [7, 11) is 0. The minimum Gasteiger partial charge on any atom is -0.348 e. The minimum absolute atomic E-state index is 0.950. The Morgan fingerprint density at radius 2 is 1.83 bits per heavy atom. The Morgan fingerprint density at radius 3 is 2.61 bits per heavy atom. The number of hydrogen-bond donors (Lipinski definition) is 0. The predicted molar refractivity (Wildman–Crippen MR) is 77.4 cm³/mol. The SMILES string of the molecule is c1ccc(Cc2csc(N3CCCCC3)n2)cc1. The molecule has 0 spiro atoms. The first-order chi connectivity index (χ1) is 8.92. The molecule has 0 amide bonds. The molecule has 1 aromatic carbocycles. The highest BCUT2D eigenvalue weighted by molar-refractivity contribution is 7.13. The molecule has 3 heteroatoms. The van der Waals surface area contributed by atoms with E-state index in [1.165, 1.54) is 48.7 Å². The summed E-state index contributed by atoms with van der Waals surface area (Å²) in [4.78, 5) is 7.21. The van der Waals surface area contributed by atoms with Crippen LogP contribution in [0, 0.1) is 0 Å². The van der Waals surface area contributed by atoms with Gasteiger partial charge in [0.2, 0.25) is 0 Å². The van der Waals surface area contributed by atoms with Crippen LogP contribution in [-0.2, 0) is 6.42 Å². The Kier molecular flexibility index (Phi) is 3.60. The monoisotopic (exact) mass is 258 g/mol. The summed E-state index contributed by atoms with van der Waals surface area (Å²) in [6.45, 7) is 2.36. The van der Waals surface area contributed by atoms with E-state index in [-0.39, 0.29) is 0 Å². The Morgan fingerprint density at radius 1 is 1.06 bits per heavy atom. The zero-order valence-electron chi connectivity index (χ0n) is 10.5. The average molecular weight is 258 g/mol. The van der Waals surface area contributed by atoms with Gasteiger partial charge in [0, 0.05) is 24.9 Å². The number of benzene rings is 1. The number of piperidine rings is 1. The summed E-state index contributed by atoms with van der Waals surface area (Å²) in [5.41, 5.74) is 2.54. The molecule has 2 nitrogen and oxygen atoms in total. The van der Waals surface area contributed by atoms with Crippen LogP contribution in [0.3, 0.4) is 0 Å². The largest absolute Gasteiger partial charge is 0.348 e. The van der Waals surface area contributed by atoms with Gasteiger partial charge in [0.25, 0.3) is 0 Å². The van der Waals surface area contributed by atoms with Crippen molar-refractivity contribution >= 4 is 16.5 Å². The maximum Gasteiger partial charge on any atom is 0.185 e. The van der Waals surface area contributed by atoms with E-state index < -0.39 is 0 Å². The molecule has 1 fully saturated rings. The van der Waals surface area contributed by atoms with Gasteiger partial charge in [-0.05, 0) is 24.8 Å². The standard InChI is InChI=1S/C15H18N2S/c1-3-7-13(8-4-1)11-14-12-18-15(16-14)17-9-5-2-6-10-17/h1,3-4,7-8,12H,2,5-6,9-11H2. The molecule has 0 N–H and O–H groups in total. The van der Waals surface area contributed by atoms with Gasteiger partial charge in [0.15, 0.2) is 5.13 Å². The van der Waals surface area contributed by atoms with Gasteiger partial charge in [-0.25, -0.2) is 4.98 Å². The molecule has 2 heterocycles. The van der Waals surface area contributed by atoms with Crippen molar-refractivity contribution in [3.05, 3.63) is 47.0 Å². The van der Waals surface area contributed by atoms with Crippen LogP contribution in [-0.4, -0.2) is 18.1 Å². The summed E-state index contributed by atoms with van der Waals surface area (Å²) in [5.74, 6) is 0. The summed E-state index contributed by atoms with van der Waals surface area (Å²) < 4.78 is 0. The summed E-state index contributed by atoms with van der Waals surface area (Å²) in [5, 5.41) is 3.41. The van der Waals surface area contributed by atoms with Crippen LogP contribution < -0.4 is 4.90 Å². The Labute approximate surface area is 112 Å². The van der Waals surface area contributed by atoms with Crippen LogP contribution in [0.25, 0.3) is 0 Å². The second-order valence-electron chi connectivity index (χ2n) is 4.83. The molecule has 94 valence electrons.